The summed E-state index contributed by atoms with van der Waals surface area (Å²) in [6.45, 7) is 0.388. The number of nitrogens with zero attached hydrogens (tertiary/aromatic N) is 1. The molecule has 6 heteroatoms. The molecule has 2 atom stereocenters. The van der Waals surface area contributed by atoms with Crippen LogP contribution in [0.1, 0.15) is 37.7 Å². The number of benzene rings is 1. The number of pyridine rings is 1. The Morgan fingerprint density at radius 2 is 2.04 bits per heavy atom. The fraction of sp³-hybridized carbons (Fsp3) is 0.455. The highest BCUT2D eigenvalue weighted by Gasteiger charge is 2.34. The standard InChI is InChI=1S/C22H27N3O3/c1-27-20-7-6-19(12-21(20)28-14-15-3-2-8-23-13-15)25-22(26)11-16-9-17-4-5-18(10-16)24-17/h2-3,6-8,12-13,16-18,24H,4-5,9-11,14H2,1H3,(H,25,26). The fourth-order valence-electron chi connectivity index (χ4n) is 4.33. The van der Waals surface area contributed by atoms with Gasteiger partial charge in [0.1, 0.15) is 6.61 Å². The summed E-state index contributed by atoms with van der Waals surface area (Å²) in [4.78, 5) is 16.6. The van der Waals surface area contributed by atoms with Crippen LogP contribution >= 0.6 is 0 Å². The Balaban J connectivity index is 1.36. The zero-order valence-electron chi connectivity index (χ0n) is 16.2. The van der Waals surface area contributed by atoms with Crippen LogP contribution in [0.15, 0.2) is 42.7 Å². The number of anilines is 1. The molecule has 2 fully saturated rings. The first kappa shape index (κ1) is 18.7. The van der Waals surface area contributed by atoms with Crippen LogP contribution in [0.3, 0.4) is 0 Å². The topological polar surface area (TPSA) is 72.5 Å². The molecule has 1 amide bonds. The number of hydrogen-bond donors (Lipinski definition) is 2. The number of methoxy groups -OCH3 is 1. The molecule has 3 heterocycles. The molecule has 1 aromatic heterocycles. The van der Waals surface area contributed by atoms with Crippen molar-refractivity contribution in [3.05, 3.63) is 48.3 Å². The van der Waals surface area contributed by atoms with Crippen molar-refractivity contribution in [2.45, 2.75) is 50.8 Å². The predicted octanol–water partition coefficient (Wildman–Crippen LogP) is 3.53. The minimum absolute atomic E-state index is 0.0645. The second-order valence-electron chi connectivity index (χ2n) is 7.74. The Morgan fingerprint density at radius 1 is 1.21 bits per heavy atom. The highest BCUT2D eigenvalue weighted by molar-refractivity contribution is 5.91. The molecule has 0 radical (unpaired) electrons. The van der Waals surface area contributed by atoms with Crippen molar-refractivity contribution in [2.24, 2.45) is 5.92 Å². The maximum Gasteiger partial charge on any atom is 0.224 e. The average Bonchev–Trinajstić information content (AvgIpc) is 3.05. The molecule has 0 spiro atoms. The second kappa shape index (κ2) is 8.61. The lowest BCUT2D eigenvalue weighted by atomic mass is 9.89. The third-order valence-corrected chi connectivity index (χ3v) is 5.61. The van der Waals surface area contributed by atoms with Crippen LogP contribution in [0, 0.1) is 5.92 Å². The zero-order valence-corrected chi connectivity index (χ0v) is 16.2. The minimum atomic E-state index is 0.0645. The lowest BCUT2D eigenvalue weighted by molar-refractivity contribution is -0.117. The number of amides is 1. The number of carbonyl (C=O) groups is 1. The first-order valence-electron chi connectivity index (χ1n) is 9.95. The molecule has 28 heavy (non-hydrogen) atoms. The van der Waals surface area contributed by atoms with Crippen LogP contribution in [0.25, 0.3) is 0 Å². The van der Waals surface area contributed by atoms with Crippen molar-refractivity contribution in [1.29, 1.82) is 0 Å². The third-order valence-electron chi connectivity index (χ3n) is 5.61. The van der Waals surface area contributed by atoms with Gasteiger partial charge in [0.15, 0.2) is 11.5 Å². The summed E-state index contributed by atoms with van der Waals surface area (Å²) >= 11 is 0. The maximum absolute atomic E-state index is 12.5. The first-order chi connectivity index (χ1) is 13.7. The van der Waals surface area contributed by atoms with E-state index in [2.05, 4.69) is 15.6 Å². The summed E-state index contributed by atoms with van der Waals surface area (Å²) in [5.41, 5.74) is 1.70. The molecule has 4 rings (SSSR count). The van der Waals surface area contributed by atoms with Crippen molar-refractivity contribution >= 4 is 11.6 Å². The van der Waals surface area contributed by atoms with E-state index in [1.54, 1.807) is 19.5 Å². The van der Waals surface area contributed by atoms with E-state index in [4.69, 9.17) is 9.47 Å². The molecule has 2 saturated heterocycles. The molecule has 2 aliphatic heterocycles. The Hall–Kier alpha value is -2.60. The van der Waals surface area contributed by atoms with E-state index < -0.39 is 0 Å². The first-order valence-corrected chi connectivity index (χ1v) is 9.95. The Kier molecular flexibility index (Phi) is 5.76. The quantitative estimate of drug-likeness (QED) is 0.768. The van der Waals surface area contributed by atoms with E-state index in [-0.39, 0.29) is 5.91 Å². The SMILES string of the molecule is COc1ccc(NC(=O)CC2CC3CCC(C2)N3)cc1OCc1cccnc1. The summed E-state index contributed by atoms with van der Waals surface area (Å²) < 4.78 is 11.3. The number of hydrogen-bond acceptors (Lipinski definition) is 5. The van der Waals surface area contributed by atoms with Crippen molar-refractivity contribution in [3.8, 4) is 11.5 Å². The van der Waals surface area contributed by atoms with E-state index in [1.807, 2.05) is 30.3 Å². The van der Waals surface area contributed by atoms with Crippen LogP contribution in [-0.4, -0.2) is 30.1 Å². The summed E-state index contributed by atoms with van der Waals surface area (Å²) in [5, 5.41) is 6.65. The monoisotopic (exact) mass is 381 g/mol. The van der Waals surface area contributed by atoms with E-state index in [1.165, 1.54) is 12.8 Å². The molecule has 2 unspecified atom stereocenters. The normalized spacial score (nSPS) is 23.2. The highest BCUT2D eigenvalue weighted by Crippen LogP contribution is 2.34. The molecule has 148 valence electrons. The van der Waals surface area contributed by atoms with Crippen molar-refractivity contribution < 1.29 is 14.3 Å². The van der Waals surface area contributed by atoms with Gasteiger partial charge in [-0.25, -0.2) is 0 Å². The van der Waals surface area contributed by atoms with Crippen molar-refractivity contribution in [3.63, 3.8) is 0 Å². The van der Waals surface area contributed by atoms with Gasteiger partial charge in [-0.2, -0.15) is 0 Å². The van der Waals surface area contributed by atoms with Crippen molar-refractivity contribution in [2.75, 3.05) is 12.4 Å². The van der Waals surface area contributed by atoms with Crippen LogP contribution in [0.2, 0.25) is 0 Å². The van der Waals surface area contributed by atoms with Gasteiger partial charge in [0.2, 0.25) is 5.91 Å². The Labute approximate surface area is 165 Å². The fourth-order valence-corrected chi connectivity index (χ4v) is 4.33. The van der Waals surface area contributed by atoms with Gasteiger partial charge in [0, 0.05) is 48.2 Å². The number of aromatic nitrogens is 1. The van der Waals surface area contributed by atoms with Gasteiger partial charge in [-0.15, -0.1) is 0 Å². The lowest BCUT2D eigenvalue weighted by Crippen LogP contribution is -2.39. The number of ether oxygens (including phenoxy) is 2. The van der Waals surface area contributed by atoms with E-state index >= 15 is 0 Å². The van der Waals surface area contributed by atoms with Crippen molar-refractivity contribution in [1.82, 2.24) is 10.3 Å². The summed E-state index contributed by atoms with van der Waals surface area (Å²) in [6, 6.07) is 10.5. The lowest BCUT2D eigenvalue weighted by Gasteiger charge is -2.28. The molecule has 0 aliphatic carbocycles. The molecule has 2 bridgehead atoms. The average molecular weight is 381 g/mol. The van der Waals surface area contributed by atoms with Gasteiger partial charge in [-0.3, -0.25) is 9.78 Å². The minimum Gasteiger partial charge on any atom is -0.493 e. The van der Waals surface area contributed by atoms with Gasteiger partial charge in [0.05, 0.1) is 7.11 Å². The van der Waals surface area contributed by atoms with Gasteiger partial charge in [-0.1, -0.05) is 6.07 Å². The number of rotatable bonds is 7. The smallest absolute Gasteiger partial charge is 0.224 e. The van der Waals surface area contributed by atoms with E-state index in [9.17, 15) is 4.79 Å². The molecule has 2 N–H and O–H groups in total. The number of carbonyl (C=O) groups excluding carboxylic acids is 1. The molecule has 2 aliphatic rings. The highest BCUT2D eigenvalue weighted by atomic mass is 16.5. The summed E-state index contributed by atoms with van der Waals surface area (Å²) in [6.07, 6.45) is 8.78. The van der Waals surface area contributed by atoms with Gasteiger partial charge < -0.3 is 20.1 Å². The number of piperidine rings is 1. The Bertz CT molecular complexity index is 800. The van der Waals surface area contributed by atoms with Gasteiger partial charge >= 0.3 is 0 Å². The van der Waals surface area contributed by atoms with Crippen LogP contribution in [-0.2, 0) is 11.4 Å². The molecular weight excluding hydrogens is 354 g/mol. The number of fused-ring (bicyclic) bond motifs is 2. The van der Waals surface area contributed by atoms with E-state index in [0.717, 1.165) is 24.1 Å². The molecule has 2 aromatic rings. The zero-order chi connectivity index (χ0) is 19.3. The van der Waals surface area contributed by atoms with Crippen LogP contribution in [0.5, 0.6) is 11.5 Å². The van der Waals surface area contributed by atoms with Crippen LogP contribution in [0.4, 0.5) is 5.69 Å². The van der Waals surface area contributed by atoms with Gasteiger partial charge in [-0.05, 0) is 49.8 Å². The third kappa shape index (κ3) is 4.62. The molecule has 1 aromatic carbocycles. The molecule has 0 saturated carbocycles. The van der Waals surface area contributed by atoms with E-state index in [0.29, 0.717) is 42.5 Å². The maximum atomic E-state index is 12.5. The largest absolute Gasteiger partial charge is 0.493 e. The Morgan fingerprint density at radius 3 is 2.75 bits per heavy atom. The summed E-state index contributed by atoms with van der Waals surface area (Å²) in [7, 11) is 1.61. The predicted molar refractivity (Wildman–Crippen MR) is 107 cm³/mol. The second-order valence-corrected chi connectivity index (χ2v) is 7.74. The molecule has 6 nitrogen and oxygen atoms in total. The molecular formula is C22H27N3O3. The van der Waals surface area contributed by atoms with Gasteiger partial charge in [0.25, 0.3) is 0 Å². The van der Waals surface area contributed by atoms with Crippen LogP contribution < -0.4 is 20.1 Å². The summed E-state index contributed by atoms with van der Waals surface area (Å²) in [5.74, 6) is 1.77. The number of nitrogens with one attached hydrogen (secondary N) is 2.